The van der Waals surface area contributed by atoms with Crippen LogP contribution in [0.4, 0.5) is 30.5 Å². The Kier molecular flexibility index (Phi) is 19.9. The number of esters is 1. The normalized spacial score (nSPS) is 19.6. The van der Waals surface area contributed by atoms with E-state index < -0.39 is 58.8 Å². The first kappa shape index (κ1) is 60.8. The number of sulfonamides is 1. The predicted octanol–water partition coefficient (Wildman–Crippen LogP) is 8.60. The number of nitrogens with zero attached hydrogens (tertiary/aromatic N) is 7. The number of ether oxygens (including phenoxy) is 2. The van der Waals surface area contributed by atoms with Crippen molar-refractivity contribution in [3.05, 3.63) is 137 Å². The maximum Gasteiger partial charge on any atom is 0.501 e. The zero-order valence-electron chi connectivity index (χ0n) is 46.0. The van der Waals surface area contributed by atoms with Crippen molar-refractivity contribution in [2.75, 3.05) is 126 Å². The molecule has 2 N–H and O–H groups in total. The topological polar surface area (TPSA) is 187 Å². The molecule has 4 heterocycles. The van der Waals surface area contributed by atoms with Gasteiger partial charge in [0.05, 0.1) is 29.9 Å². The third-order valence-electron chi connectivity index (χ3n) is 15.6. The van der Waals surface area contributed by atoms with Crippen molar-refractivity contribution in [1.29, 1.82) is 0 Å². The minimum Gasteiger partial charge on any atom is -0.465 e. The van der Waals surface area contributed by atoms with Gasteiger partial charge in [0.15, 0.2) is 0 Å². The highest BCUT2D eigenvalue weighted by molar-refractivity contribution is 7.99. The number of piperazine rings is 2. The molecule has 1 amide bonds. The van der Waals surface area contributed by atoms with Gasteiger partial charge in [0.1, 0.15) is 4.90 Å². The van der Waals surface area contributed by atoms with Gasteiger partial charge in [-0.05, 0) is 115 Å². The first-order chi connectivity index (χ1) is 39.3. The summed E-state index contributed by atoms with van der Waals surface area (Å²) < 4.78 is 109. The first-order valence-corrected chi connectivity index (χ1v) is 31.8. The molecule has 2 atom stereocenters. The Morgan fingerprint density at radius 1 is 0.805 bits per heavy atom. The Hall–Kier alpha value is -5.79. The summed E-state index contributed by atoms with van der Waals surface area (Å²) in [6.07, 6.45) is 7.15. The van der Waals surface area contributed by atoms with Crippen molar-refractivity contribution in [3.8, 4) is 0 Å². The molecule has 3 fully saturated rings. The van der Waals surface area contributed by atoms with E-state index in [0.29, 0.717) is 74.2 Å². The van der Waals surface area contributed by atoms with E-state index in [2.05, 4.69) is 58.8 Å². The number of amides is 1. The number of hydrogen-bond acceptors (Lipinski definition) is 17. The molecule has 9 rings (SSSR count). The number of anilines is 3. The standard InChI is InChI=1S/C58H69ClF3N9O8S3/c1-57(41-69-26-30-71(31-27-69)56-63-37-45(38-64-56)55(73)78-2)21-19-51(42-9-13-46(59)14-10-42)44(36-57)39-68-24-28-70(29-25-68)48-15-11-43(12-16-48)54(72)66-82(76,77)50-17-18-52(53(35-50)81(74,75)58(60,61)62)65-47(40-80-49-7-4-3-5-8-49)20-23-67-22-6-33-79-34-32-67/h3-5,7-18,35,37-38,47,65H,6,19-34,36,39-41H2,1-2H3,(H,66,72). The van der Waals surface area contributed by atoms with Gasteiger partial charge in [0.25, 0.3) is 25.8 Å². The second-order valence-electron chi connectivity index (χ2n) is 21.5. The maximum atomic E-state index is 14.3. The first-order valence-electron chi connectivity index (χ1n) is 27.4. The Labute approximate surface area is 487 Å². The van der Waals surface area contributed by atoms with E-state index >= 15 is 0 Å². The van der Waals surface area contributed by atoms with Crippen molar-refractivity contribution in [2.45, 2.75) is 65.3 Å². The molecule has 0 saturated carbocycles. The van der Waals surface area contributed by atoms with Crippen LogP contribution in [0.3, 0.4) is 0 Å². The summed E-state index contributed by atoms with van der Waals surface area (Å²) in [7, 11) is -9.65. The highest BCUT2D eigenvalue weighted by Gasteiger charge is 2.49. The minimum atomic E-state index is -6.09. The van der Waals surface area contributed by atoms with Gasteiger partial charge in [-0.25, -0.2) is 36.3 Å². The van der Waals surface area contributed by atoms with Gasteiger partial charge in [-0.3, -0.25) is 14.6 Å². The lowest BCUT2D eigenvalue weighted by atomic mass is 9.71. The summed E-state index contributed by atoms with van der Waals surface area (Å²) in [5, 5.41) is 3.70. The van der Waals surface area contributed by atoms with Crippen LogP contribution in [-0.4, -0.2) is 176 Å². The molecule has 2 unspecified atom stereocenters. The van der Waals surface area contributed by atoms with Crippen LogP contribution in [0.25, 0.3) is 5.57 Å². The van der Waals surface area contributed by atoms with Crippen LogP contribution in [-0.2, 0) is 29.3 Å². The molecule has 440 valence electrons. The highest BCUT2D eigenvalue weighted by atomic mass is 35.5. The number of allylic oxidation sites excluding steroid dienone is 1. The summed E-state index contributed by atoms with van der Waals surface area (Å²) in [6.45, 7) is 13.4. The molecule has 0 spiro atoms. The van der Waals surface area contributed by atoms with E-state index in [4.69, 9.17) is 21.1 Å². The molecule has 82 heavy (non-hydrogen) atoms. The minimum absolute atomic E-state index is 0.0215. The summed E-state index contributed by atoms with van der Waals surface area (Å²) in [5.41, 5.74) is -1.08. The number of sulfone groups is 1. The van der Waals surface area contributed by atoms with Crippen LogP contribution in [0.1, 0.15) is 65.3 Å². The largest absolute Gasteiger partial charge is 0.501 e. The lowest BCUT2D eigenvalue weighted by molar-refractivity contribution is -0.0436. The van der Waals surface area contributed by atoms with Crippen LogP contribution >= 0.6 is 23.4 Å². The molecular formula is C58H69ClF3N9O8S3. The lowest BCUT2D eigenvalue weighted by Crippen LogP contribution is -2.50. The van der Waals surface area contributed by atoms with Gasteiger partial charge in [-0.2, -0.15) is 13.2 Å². The number of aromatic nitrogens is 2. The van der Waals surface area contributed by atoms with Gasteiger partial charge in [0, 0.05) is 137 Å². The summed E-state index contributed by atoms with van der Waals surface area (Å²) in [5.74, 6) is -0.563. The number of rotatable bonds is 20. The molecule has 24 heteroatoms. The number of benzene rings is 4. The van der Waals surface area contributed by atoms with E-state index in [1.54, 1.807) is 12.1 Å². The SMILES string of the molecule is COC(=O)c1cnc(N2CCN(CC3(C)CCC(c4ccc(Cl)cc4)=C(CN4CCN(c5ccc(C(=O)NS(=O)(=O)c6ccc(NC(CCN7CCCOCC7)CSc7ccccc7)c(S(=O)(=O)C(F)(F)F)c6)cc5)CC4)C3)CC2)nc1. The summed E-state index contributed by atoms with van der Waals surface area (Å²) in [4.78, 5) is 44.6. The predicted molar refractivity (Wildman–Crippen MR) is 313 cm³/mol. The Balaban J connectivity index is 0.824. The molecule has 4 aromatic carbocycles. The Morgan fingerprint density at radius 2 is 1.49 bits per heavy atom. The van der Waals surface area contributed by atoms with E-state index in [9.17, 15) is 39.6 Å². The Bertz CT molecular complexity index is 3250. The average Bonchev–Trinajstić information content (AvgIpc) is 3.87. The molecule has 1 aliphatic carbocycles. The number of hydrogen-bond donors (Lipinski definition) is 2. The van der Waals surface area contributed by atoms with Crippen LogP contribution < -0.4 is 19.8 Å². The number of nitrogens with one attached hydrogen (secondary N) is 2. The molecular weight excluding hydrogens is 1140 g/mol. The molecule has 5 aromatic rings. The number of halogens is 4. The van der Waals surface area contributed by atoms with E-state index in [-0.39, 0.29) is 11.0 Å². The van der Waals surface area contributed by atoms with Crippen molar-refractivity contribution in [1.82, 2.24) is 29.4 Å². The van der Waals surface area contributed by atoms with Crippen LogP contribution in [0, 0.1) is 5.41 Å². The summed E-state index contributed by atoms with van der Waals surface area (Å²) in [6, 6.07) is 25.8. The molecule has 0 bridgehead atoms. The zero-order chi connectivity index (χ0) is 58.1. The Morgan fingerprint density at radius 3 is 2.17 bits per heavy atom. The zero-order valence-corrected chi connectivity index (χ0v) is 49.2. The fraction of sp³-hybridized carbons (Fsp3) is 0.448. The van der Waals surface area contributed by atoms with Crippen LogP contribution in [0.2, 0.25) is 5.02 Å². The van der Waals surface area contributed by atoms with E-state index in [0.717, 1.165) is 107 Å². The molecule has 3 saturated heterocycles. The van der Waals surface area contributed by atoms with E-state index in [1.807, 2.05) is 47.2 Å². The molecule has 1 aromatic heterocycles. The van der Waals surface area contributed by atoms with Crippen molar-refractivity contribution in [2.24, 2.45) is 5.41 Å². The van der Waals surface area contributed by atoms with E-state index in [1.165, 1.54) is 60.1 Å². The van der Waals surface area contributed by atoms with Crippen molar-refractivity contribution < 1.29 is 49.1 Å². The third-order valence-corrected chi connectivity index (χ3v) is 19.9. The number of thioether (sulfide) groups is 1. The lowest BCUT2D eigenvalue weighted by Gasteiger charge is -2.44. The highest BCUT2D eigenvalue weighted by Crippen LogP contribution is 2.44. The van der Waals surface area contributed by atoms with Gasteiger partial charge < -0.3 is 29.5 Å². The fourth-order valence-corrected chi connectivity index (χ4v) is 14.2. The number of carbonyl (C=O) groups excluding carboxylic acids is 2. The van der Waals surface area contributed by atoms with Gasteiger partial charge in [-0.1, -0.05) is 54.4 Å². The van der Waals surface area contributed by atoms with Crippen LogP contribution in [0.5, 0.6) is 0 Å². The molecule has 0 radical (unpaired) electrons. The second-order valence-corrected chi connectivity index (χ2v) is 26.6. The number of alkyl halides is 3. The molecule has 4 aliphatic rings. The third kappa shape index (κ3) is 15.5. The number of carbonyl (C=O) groups is 2. The smallest absolute Gasteiger partial charge is 0.465 e. The van der Waals surface area contributed by atoms with Gasteiger partial charge in [-0.15, -0.1) is 11.8 Å². The van der Waals surface area contributed by atoms with Crippen LogP contribution in [0.15, 0.2) is 130 Å². The second kappa shape index (κ2) is 26.8. The van der Waals surface area contributed by atoms with Gasteiger partial charge >= 0.3 is 11.5 Å². The maximum absolute atomic E-state index is 14.3. The quantitative estimate of drug-likeness (QED) is 0.0557. The summed E-state index contributed by atoms with van der Waals surface area (Å²) >= 11 is 7.79. The number of methoxy groups -OCH3 is 1. The van der Waals surface area contributed by atoms with Crippen molar-refractivity contribution in [3.63, 3.8) is 0 Å². The van der Waals surface area contributed by atoms with Gasteiger partial charge in [0.2, 0.25) is 5.95 Å². The van der Waals surface area contributed by atoms with Crippen molar-refractivity contribution >= 4 is 78.0 Å². The monoisotopic (exact) mass is 1210 g/mol. The molecule has 3 aliphatic heterocycles. The fourth-order valence-electron chi connectivity index (χ4n) is 11.1. The average molecular weight is 1210 g/mol. The molecule has 17 nitrogen and oxygen atoms in total.